The van der Waals surface area contributed by atoms with Crippen molar-refractivity contribution in [3.8, 4) is 0 Å². The maximum atomic E-state index is 5.69. The molecule has 1 aliphatic carbocycles. The summed E-state index contributed by atoms with van der Waals surface area (Å²) in [7, 11) is 0. The molecule has 2 aliphatic rings. The Bertz CT molecular complexity index is 389. The second-order valence-corrected chi connectivity index (χ2v) is 6.20. The van der Waals surface area contributed by atoms with Crippen LogP contribution in [0.5, 0.6) is 0 Å². The van der Waals surface area contributed by atoms with Crippen LogP contribution < -0.4 is 5.32 Å². The lowest BCUT2D eigenvalue weighted by atomic mass is 9.94. The number of nitrogens with one attached hydrogen (secondary N) is 1. The average molecular weight is 262 g/mol. The van der Waals surface area contributed by atoms with Crippen LogP contribution in [0.25, 0.3) is 0 Å². The van der Waals surface area contributed by atoms with E-state index in [2.05, 4.69) is 23.2 Å². The molecule has 2 heterocycles. The lowest BCUT2D eigenvalue weighted by Gasteiger charge is -2.30. The van der Waals surface area contributed by atoms with Crippen LogP contribution in [0, 0.1) is 5.92 Å². The van der Waals surface area contributed by atoms with Gasteiger partial charge < -0.3 is 9.73 Å². The molecule has 106 valence electrons. The van der Waals surface area contributed by atoms with E-state index in [0.29, 0.717) is 0 Å². The zero-order valence-electron chi connectivity index (χ0n) is 12.0. The third-order valence-electron chi connectivity index (χ3n) is 4.54. The van der Waals surface area contributed by atoms with Gasteiger partial charge in [-0.15, -0.1) is 0 Å². The zero-order valence-corrected chi connectivity index (χ0v) is 12.0. The molecule has 3 heteroatoms. The third kappa shape index (κ3) is 3.83. The Morgan fingerprint density at radius 2 is 2.05 bits per heavy atom. The first-order valence-corrected chi connectivity index (χ1v) is 7.85. The van der Waals surface area contributed by atoms with Gasteiger partial charge in [0.2, 0.25) is 0 Å². The van der Waals surface area contributed by atoms with E-state index in [1.807, 2.05) is 6.26 Å². The number of rotatable bonds is 6. The van der Waals surface area contributed by atoms with E-state index in [1.54, 1.807) is 0 Å². The molecule has 0 amide bonds. The van der Waals surface area contributed by atoms with Gasteiger partial charge in [-0.2, -0.15) is 0 Å². The van der Waals surface area contributed by atoms with Crippen LogP contribution in [0.4, 0.5) is 0 Å². The maximum absolute atomic E-state index is 5.69. The van der Waals surface area contributed by atoms with E-state index in [1.165, 1.54) is 50.8 Å². The largest absolute Gasteiger partial charge is 0.468 e. The number of piperidine rings is 1. The van der Waals surface area contributed by atoms with Crippen LogP contribution in [0.15, 0.2) is 16.7 Å². The predicted molar refractivity (Wildman–Crippen MR) is 76.9 cm³/mol. The molecular weight excluding hydrogens is 236 g/mol. The Morgan fingerprint density at radius 3 is 2.74 bits per heavy atom. The van der Waals surface area contributed by atoms with Crippen LogP contribution in [0.2, 0.25) is 0 Å². The summed E-state index contributed by atoms with van der Waals surface area (Å²) in [6.07, 6.45) is 8.66. The monoisotopic (exact) mass is 262 g/mol. The summed E-state index contributed by atoms with van der Waals surface area (Å²) >= 11 is 0. The van der Waals surface area contributed by atoms with Crippen molar-refractivity contribution in [2.75, 3.05) is 13.1 Å². The molecule has 19 heavy (non-hydrogen) atoms. The highest BCUT2D eigenvalue weighted by Crippen LogP contribution is 2.22. The van der Waals surface area contributed by atoms with Crippen molar-refractivity contribution < 1.29 is 4.42 Å². The van der Waals surface area contributed by atoms with Crippen molar-refractivity contribution in [1.82, 2.24) is 10.2 Å². The molecule has 0 radical (unpaired) electrons. The van der Waals surface area contributed by atoms with Gasteiger partial charge >= 0.3 is 0 Å². The van der Waals surface area contributed by atoms with E-state index in [0.717, 1.165) is 30.8 Å². The highest BCUT2D eigenvalue weighted by Gasteiger charge is 2.21. The molecule has 1 N–H and O–H groups in total. The second-order valence-electron chi connectivity index (χ2n) is 6.20. The molecule has 3 nitrogen and oxygen atoms in total. The molecule has 0 aromatic carbocycles. The fraction of sp³-hybridized carbons (Fsp3) is 0.750. The molecule has 1 saturated carbocycles. The smallest absolute Gasteiger partial charge is 0.118 e. The minimum absolute atomic E-state index is 0.770. The Balaban J connectivity index is 1.44. The maximum Gasteiger partial charge on any atom is 0.118 e. The highest BCUT2D eigenvalue weighted by molar-refractivity contribution is 5.13. The molecule has 1 aromatic rings. The lowest BCUT2D eigenvalue weighted by molar-refractivity contribution is 0.164. The van der Waals surface area contributed by atoms with Crippen molar-refractivity contribution in [3.63, 3.8) is 0 Å². The van der Waals surface area contributed by atoms with E-state index in [9.17, 15) is 0 Å². The highest BCUT2D eigenvalue weighted by atomic mass is 16.3. The van der Waals surface area contributed by atoms with Gasteiger partial charge in [0.05, 0.1) is 12.8 Å². The first-order chi connectivity index (χ1) is 9.33. The first-order valence-electron chi connectivity index (χ1n) is 7.85. The molecule has 1 aromatic heterocycles. The summed E-state index contributed by atoms with van der Waals surface area (Å²) < 4.78 is 5.69. The summed E-state index contributed by atoms with van der Waals surface area (Å²) in [5, 5.41) is 3.53. The topological polar surface area (TPSA) is 28.4 Å². The van der Waals surface area contributed by atoms with Crippen molar-refractivity contribution in [2.24, 2.45) is 5.92 Å². The average Bonchev–Trinajstić information content (AvgIpc) is 3.17. The number of furan rings is 1. The van der Waals surface area contributed by atoms with Crippen LogP contribution >= 0.6 is 0 Å². The minimum Gasteiger partial charge on any atom is -0.468 e. The fourth-order valence-corrected chi connectivity index (χ4v) is 2.92. The molecule has 1 saturated heterocycles. The first kappa shape index (κ1) is 13.2. The van der Waals surface area contributed by atoms with Gasteiger partial charge in [-0.3, -0.25) is 4.90 Å². The summed E-state index contributed by atoms with van der Waals surface area (Å²) in [6, 6.07) is 2.99. The van der Waals surface area contributed by atoms with Crippen LogP contribution in [0.3, 0.4) is 0 Å². The second kappa shape index (κ2) is 6.10. The Morgan fingerprint density at radius 1 is 1.26 bits per heavy atom. The number of nitrogens with zero attached hydrogens (tertiary/aromatic N) is 1. The van der Waals surface area contributed by atoms with Crippen molar-refractivity contribution in [2.45, 2.75) is 58.2 Å². The van der Waals surface area contributed by atoms with E-state index in [-0.39, 0.29) is 0 Å². The third-order valence-corrected chi connectivity index (χ3v) is 4.54. The number of hydrogen-bond donors (Lipinski definition) is 1. The van der Waals surface area contributed by atoms with Gasteiger partial charge in [0.25, 0.3) is 0 Å². The van der Waals surface area contributed by atoms with E-state index < -0.39 is 0 Å². The molecule has 0 bridgehead atoms. The number of hydrogen-bond acceptors (Lipinski definition) is 3. The SMILES string of the molecule is CCC1CCN(Cc2cc(CNC3CC3)co2)CC1. The standard InChI is InChI=1S/C16H26N2O/c1-2-13-5-7-18(8-6-13)11-16-9-14(12-19-16)10-17-15-3-4-15/h9,12-13,15,17H,2-8,10-11H2,1H3. The minimum atomic E-state index is 0.770. The Hall–Kier alpha value is -0.800. The predicted octanol–water partition coefficient (Wildman–Crippen LogP) is 3.15. The van der Waals surface area contributed by atoms with Crippen molar-refractivity contribution in [1.29, 1.82) is 0 Å². The molecule has 0 spiro atoms. The molecule has 3 rings (SSSR count). The molecule has 2 fully saturated rings. The van der Waals surface area contributed by atoms with E-state index >= 15 is 0 Å². The van der Waals surface area contributed by atoms with Gasteiger partial charge in [0, 0.05) is 18.2 Å². The molecule has 0 unspecified atom stereocenters. The Kier molecular flexibility index (Phi) is 4.24. The molecule has 1 aliphatic heterocycles. The quantitative estimate of drug-likeness (QED) is 0.853. The van der Waals surface area contributed by atoms with Crippen molar-refractivity contribution in [3.05, 3.63) is 23.7 Å². The van der Waals surface area contributed by atoms with Crippen LogP contribution in [-0.2, 0) is 13.1 Å². The molecule has 0 atom stereocenters. The number of likely N-dealkylation sites (tertiary alicyclic amines) is 1. The summed E-state index contributed by atoms with van der Waals surface area (Å²) in [5.74, 6) is 2.08. The van der Waals surface area contributed by atoms with Gasteiger partial charge in [-0.1, -0.05) is 13.3 Å². The van der Waals surface area contributed by atoms with Gasteiger partial charge in [-0.25, -0.2) is 0 Å². The van der Waals surface area contributed by atoms with Gasteiger partial charge in [0.15, 0.2) is 0 Å². The molecular formula is C16H26N2O. The van der Waals surface area contributed by atoms with Gasteiger partial charge in [-0.05, 0) is 50.8 Å². The fourth-order valence-electron chi connectivity index (χ4n) is 2.92. The lowest BCUT2D eigenvalue weighted by Crippen LogP contribution is -2.32. The van der Waals surface area contributed by atoms with Crippen LogP contribution in [-0.4, -0.2) is 24.0 Å². The van der Waals surface area contributed by atoms with Crippen molar-refractivity contribution >= 4 is 0 Å². The van der Waals surface area contributed by atoms with Gasteiger partial charge in [0.1, 0.15) is 5.76 Å². The summed E-state index contributed by atoms with van der Waals surface area (Å²) in [6.45, 7) is 6.72. The normalized spacial score (nSPS) is 21.9. The Labute approximate surface area is 116 Å². The zero-order chi connectivity index (χ0) is 13.1. The summed E-state index contributed by atoms with van der Waals surface area (Å²) in [5.41, 5.74) is 1.30. The van der Waals surface area contributed by atoms with Crippen LogP contribution in [0.1, 0.15) is 50.4 Å². The summed E-state index contributed by atoms with van der Waals surface area (Å²) in [4.78, 5) is 2.53. The van der Waals surface area contributed by atoms with E-state index in [4.69, 9.17) is 4.42 Å².